The number of rotatable bonds is 3. The first-order valence-corrected chi connectivity index (χ1v) is 8.95. The highest BCUT2D eigenvalue weighted by atomic mass is 35.5. The van der Waals surface area contributed by atoms with Crippen molar-refractivity contribution in [2.24, 2.45) is 0 Å². The van der Waals surface area contributed by atoms with E-state index in [4.69, 9.17) is 17.3 Å². The molecule has 0 fully saturated rings. The van der Waals surface area contributed by atoms with Crippen LogP contribution in [0.4, 0.5) is 5.69 Å². The molecule has 0 unspecified atom stereocenters. The Morgan fingerprint density at radius 2 is 1.88 bits per heavy atom. The van der Waals surface area contributed by atoms with Crippen LogP contribution in [0.15, 0.2) is 36.5 Å². The van der Waals surface area contributed by atoms with E-state index in [1.165, 1.54) is 39.1 Å². The minimum Gasteiger partial charge on any atom is -0.397 e. The molecule has 0 bridgehead atoms. The monoisotopic (exact) mass is 367 g/mol. The number of nitrogen functional groups attached to an aromatic ring is 1. The van der Waals surface area contributed by atoms with Crippen molar-refractivity contribution >= 4 is 33.2 Å². The second kappa shape index (κ2) is 6.41. The molecule has 0 saturated heterocycles. The number of halogens is 1. The maximum absolute atomic E-state index is 12.2. The van der Waals surface area contributed by atoms with Crippen LogP contribution < -0.4 is 10.5 Å². The van der Waals surface area contributed by atoms with Gasteiger partial charge >= 0.3 is 0 Å². The van der Waals surface area contributed by atoms with Gasteiger partial charge < -0.3 is 5.73 Å². The molecule has 0 aliphatic carbocycles. The third-order valence-corrected chi connectivity index (χ3v) is 5.71. The van der Waals surface area contributed by atoms with Crippen LogP contribution in [0.25, 0.3) is 11.3 Å². The predicted octanol–water partition coefficient (Wildman–Crippen LogP) is 2.84. The van der Waals surface area contributed by atoms with Crippen molar-refractivity contribution in [3.63, 3.8) is 0 Å². The minimum absolute atomic E-state index is 0.145. The molecule has 1 amide bonds. The number of carbonyl (C=O) groups excluding carboxylic acids is 1. The molecule has 24 heavy (non-hydrogen) atoms. The summed E-state index contributed by atoms with van der Waals surface area (Å²) in [5.41, 5.74) is 7.48. The van der Waals surface area contributed by atoms with Crippen molar-refractivity contribution in [1.29, 1.82) is 0 Å². The van der Waals surface area contributed by atoms with Gasteiger partial charge in [-0.05, 0) is 45.0 Å². The van der Waals surface area contributed by atoms with E-state index in [1.807, 2.05) is 4.72 Å². The van der Waals surface area contributed by atoms with Gasteiger partial charge in [0.25, 0.3) is 5.91 Å². The second-order valence-corrected chi connectivity index (χ2v) is 9.06. The largest absolute Gasteiger partial charge is 0.397 e. The zero-order valence-electron chi connectivity index (χ0n) is 13.5. The standard InChI is InChI=1S/C16H18ClN3O3S/c1-16(2,3)24(22,23)20-15(21)10-4-6-12(13(17)8-10)14-7-5-11(18)9-19-14/h4-9H,18H2,1-3H3,(H,20,21). The average Bonchev–Trinajstić information content (AvgIpc) is 2.46. The van der Waals surface area contributed by atoms with Crippen LogP contribution >= 0.6 is 11.6 Å². The average molecular weight is 368 g/mol. The van der Waals surface area contributed by atoms with Gasteiger partial charge in [-0.25, -0.2) is 13.1 Å². The normalized spacial score (nSPS) is 12.0. The molecule has 1 heterocycles. The minimum atomic E-state index is -3.79. The number of hydrogen-bond donors (Lipinski definition) is 2. The molecule has 0 aliphatic heterocycles. The molecule has 2 rings (SSSR count). The zero-order chi connectivity index (χ0) is 18.1. The maximum atomic E-state index is 12.2. The highest BCUT2D eigenvalue weighted by molar-refractivity contribution is 7.91. The molecule has 6 nitrogen and oxygen atoms in total. The van der Waals surface area contributed by atoms with Gasteiger partial charge in [-0.2, -0.15) is 0 Å². The van der Waals surface area contributed by atoms with Gasteiger partial charge in [-0.1, -0.05) is 17.7 Å². The van der Waals surface area contributed by atoms with Crippen LogP contribution in [0.2, 0.25) is 5.02 Å². The molecule has 128 valence electrons. The third-order valence-electron chi connectivity index (χ3n) is 3.33. The van der Waals surface area contributed by atoms with Crippen LogP contribution in [-0.4, -0.2) is 24.1 Å². The molecule has 0 atom stereocenters. The van der Waals surface area contributed by atoms with Gasteiger partial charge in [0.1, 0.15) is 0 Å². The predicted molar refractivity (Wildman–Crippen MR) is 95.2 cm³/mol. The SMILES string of the molecule is CC(C)(C)S(=O)(=O)NC(=O)c1ccc(-c2ccc(N)cn2)c(Cl)c1. The Bertz CT molecular complexity index is 872. The Hall–Kier alpha value is -2.12. The first kappa shape index (κ1) is 18.2. The fraction of sp³-hybridized carbons (Fsp3) is 0.250. The summed E-state index contributed by atoms with van der Waals surface area (Å²) in [6.07, 6.45) is 1.50. The van der Waals surface area contributed by atoms with Crippen LogP contribution in [0.1, 0.15) is 31.1 Å². The lowest BCUT2D eigenvalue weighted by Crippen LogP contribution is -2.42. The molecule has 1 aromatic carbocycles. The molecule has 0 radical (unpaired) electrons. The summed E-state index contributed by atoms with van der Waals surface area (Å²) in [6, 6.07) is 7.91. The summed E-state index contributed by atoms with van der Waals surface area (Å²) in [5.74, 6) is -0.733. The van der Waals surface area contributed by atoms with E-state index >= 15 is 0 Å². The van der Waals surface area contributed by atoms with Crippen molar-refractivity contribution in [2.45, 2.75) is 25.5 Å². The Balaban J connectivity index is 2.30. The number of nitrogens with one attached hydrogen (secondary N) is 1. The van der Waals surface area contributed by atoms with E-state index in [1.54, 1.807) is 18.2 Å². The highest BCUT2D eigenvalue weighted by Gasteiger charge is 2.31. The summed E-state index contributed by atoms with van der Waals surface area (Å²) in [5, 5.41) is 0.285. The lowest BCUT2D eigenvalue weighted by molar-refractivity contribution is 0.0980. The van der Waals surface area contributed by atoms with E-state index in [9.17, 15) is 13.2 Å². The smallest absolute Gasteiger partial charge is 0.264 e. The van der Waals surface area contributed by atoms with Crippen molar-refractivity contribution in [1.82, 2.24) is 9.71 Å². The van der Waals surface area contributed by atoms with Gasteiger partial charge in [0.15, 0.2) is 0 Å². The van der Waals surface area contributed by atoms with Crippen molar-refractivity contribution in [3.05, 3.63) is 47.1 Å². The molecule has 0 saturated carbocycles. The van der Waals surface area contributed by atoms with Crippen molar-refractivity contribution in [3.8, 4) is 11.3 Å². The van der Waals surface area contributed by atoms with E-state index < -0.39 is 20.7 Å². The van der Waals surface area contributed by atoms with E-state index in [2.05, 4.69) is 4.98 Å². The molecule has 8 heteroatoms. The third kappa shape index (κ3) is 3.85. The van der Waals surface area contributed by atoms with Gasteiger partial charge in [0, 0.05) is 11.1 Å². The Kier molecular flexibility index (Phi) is 4.87. The quantitative estimate of drug-likeness (QED) is 0.868. The van der Waals surface area contributed by atoms with Crippen LogP contribution in [-0.2, 0) is 10.0 Å². The first-order chi connectivity index (χ1) is 11.0. The zero-order valence-corrected chi connectivity index (χ0v) is 15.1. The number of benzene rings is 1. The van der Waals surface area contributed by atoms with Gasteiger partial charge in [-0.15, -0.1) is 0 Å². The molecule has 2 aromatic rings. The van der Waals surface area contributed by atoms with Crippen LogP contribution in [0.5, 0.6) is 0 Å². The van der Waals surface area contributed by atoms with Gasteiger partial charge in [0.05, 0.1) is 27.3 Å². The lowest BCUT2D eigenvalue weighted by atomic mass is 10.1. The van der Waals surface area contributed by atoms with E-state index in [0.717, 1.165) is 0 Å². The number of nitrogens with two attached hydrogens (primary N) is 1. The topological polar surface area (TPSA) is 102 Å². The fourth-order valence-electron chi connectivity index (χ4n) is 1.76. The highest BCUT2D eigenvalue weighted by Crippen LogP contribution is 2.28. The number of amides is 1. The summed E-state index contributed by atoms with van der Waals surface area (Å²) >= 11 is 6.21. The Morgan fingerprint density at radius 3 is 2.38 bits per heavy atom. The summed E-state index contributed by atoms with van der Waals surface area (Å²) in [6.45, 7) is 4.52. The lowest BCUT2D eigenvalue weighted by Gasteiger charge is -2.19. The number of hydrogen-bond acceptors (Lipinski definition) is 5. The van der Waals surface area contributed by atoms with Crippen LogP contribution in [0, 0.1) is 0 Å². The summed E-state index contributed by atoms with van der Waals surface area (Å²) in [7, 11) is -3.79. The number of aromatic nitrogens is 1. The molecule has 3 N–H and O–H groups in total. The fourth-order valence-corrected chi connectivity index (χ4v) is 2.71. The van der Waals surface area contributed by atoms with Gasteiger partial charge in [0.2, 0.25) is 10.0 Å². The van der Waals surface area contributed by atoms with Crippen molar-refractivity contribution < 1.29 is 13.2 Å². The Morgan fingerprint density at radius 1 is 1.21 bits per heavy atom. The molecule has 0 aliphatic rings. The Labute approximate surface area is 146 Å². The summed E-state index contributed by atoms with van der Waals surface area (Å²) in [4.78, 5) is 16.3. The van der Waals surface area contributed by atoms with Crippen LogP contribution in [0.3, 0.4) is 0 Å². The van der Waals surface area contributed by atoms with Crippen molar-refractivity contribution in [2.75, 3.05) is 5.73 Å². The number of carbonyl (C=O) groups is 1. The number of sulfonamides is 1. The number of nitrogens with zero attached hydrogens (tertiary/aromatic N) is 1. The van der Waals surface area contributed by atoms with Gasteiger partial charge in [-0.3, -0.25) is 9.78 Å². The molecular weight excluding hydrogens is 350 g/mol. The number of pyridine rings is 1. The molecule has 0 spiro atoms. The number of anilines is 1. The first-order valence-electron chi connectivity index (χ1n) is 7.09. The summed E-state index contributed by atoms with van der Waals surface area (Å²) < 4.78 is 25.1. The molecule has 1 aromatic heterocycles. The molecular formula is C16H18ClN3O3S. The van der Waals surface area contributed by atoms with E-state index in [0.29, 0.717) is 16.9 Å². The van der Waals surface area contributed by atoms with E-state index in [-0.39, 0.29) is 10.6 Å². The maximum Gasteiger partial charge on any atom is 0.264 e. The second-order valence-electron chi connectivity index (χ2n) is 6.22.